The molecular formula is C13H19NO3S. The first-order chi connectivity index (χ1) is 8.75. The van der Waals surface area contributed by atoms with Crippen LogP contribution >= 0.6 is 0 Å². The lowest BCUT2D eigenvalue weighted by Gasteiger charge is -2.26. The quantitative estimate of drug-likeness (QED) is 0.824. The van der Waals surface area contributed by atoms with Gasteiger partial charge in [-0.05, 0) is 37.1 Å². The van der Waals surface area contributed by atoms with Crippen LogP contribution in [-0.2, 0) is 22.2 Å². The second kappa shape index (κ2) is 6.99. The Hall–Kier alpha value is -0.750. The van der Waals surface area contributed by atoms with Crippen molar-refractivity contribution >= 4 is 11.1 Å². The topological polar surface area (TPSA) is 49.8 Å². The second-order valence-corrected chi connectivity index (χ2v) is 5.42. The van der Waals surface area contributed by atoms with Crippen LogP contribution in [0.5, 0.6) is 0 Å². The first-order valence-electron chi connectivity index (χ1n) is 6.25. The molecule has 18 heavy (non-hydrogen) atoms. The van der Waals surface area contributed by atoms with E-state index in [1.54, 1.807) is 12.1 Å². The molecule has 1 heterocycles. The molecule has 0 amide bonds. The summed E-state index contributed by atoms with van der Waals surface area (Å²) >= 11 is -1.87. The van der Waals surface area contributed by atoms with E-state index in [2.05, 4.69) is 4.90 Å². The van der Waals surface area contributed by atoms with E-state index in [4.69, 9.17) is 9.29 Å². The second-order valence-electron chi connectivity index (χ2n) is 4.45. The highest BCUT2D eigenvalue weighted by Crippen LogP contribution is 2.10. The molecule has 0 radical (unpaired) electrons. The van der Waals surface area contributed by atoms with E-state index in [1.807, 2.05) is 12.1 Å². The van der Waals surface area contributed by atoms with Gasteiger partial charge in [0.05, 0.1) is 18.1 Å². The zero-order chi connectivity index (χ0) is 12.8. The molecular weight excluding hydrogens is 250 g/mol. The molecule has 1 N–H and O–H groups in total. The highest BCUT2D eigenvalue weighted by atomic mass is 32.2. The summed E-state index contributed by atoms with van der Waals surface area (Å²) in [7, 11) is 0. The molecule has 1 aliphatic rings. The van der Waals surface area contributed by atoms with Crippen molar-refractivity contribution in [2.24, 2.45) is 0 Å². The predicted molar refractivity (Wildman–Crippen MR) is 71.1 cm³/mol. The van der Waals surface area contributed by atoms with Gasteiger partial charge in [0.2, 0.25) is 0 Å². The maximum Gasteiger partial charge on any atom is 0.186 e. The van der Waals surface area contributed by atoms with Gasteiger partial charge in [0.1, 0.15) is 0 Å². The van der Waals surface area contributed by atoms with Crippen molar-refractivity contribution in [3.05, 3.63) is 29.8 Å². The third-order valence-corrected chi connectivity index (χ3v) is 3.84. The molecule has 0 aromatic heterocycles. The Morgan fingerprint density at radius 2 is 1.89 bits per heavy atom. The maximum absolute atomic E-state index is 10.8. The average molecular weight is 269 g/mol. The van der Waals surface area contributed by atoms with E-state index in [9.17, 15) is 4.21 Å². The number of hydrogen-bond acceptors (Lipinski definition) is 3. The summed E-state index contributed by atoms with van der Waals surface area (Å²) in [6, 6.07) is 7.31. The fourth-order valence-corrected chi connectivity index (χ4v) is 2.47. The van der Waals surface area contributed by atoms with E-state index >= 15 is 0 Å². The summed E-state index contributed by atoms with van der Waals surface area (Å²) in [5.41, 5.74) is 1.22. The Morgan fingerprint density at radius 1 is 1.22 bits per heavy atom. The fraction of sp³-hybridized carbons (Fsp3) is 0.538. The molecule has 100 valence electrons. The molecule has 1 aromatic carbocycles. The molecule has 1 aromatic rings. The van der Waals surface area contributed by atoms with Crippen LogP contribution in [0.15, 0.2) is 29.2 Å². The fourth-order valence-electron chi connectivity index (χ4n) is 2.10. The van der Waals surface area contributed by atoms with Gasteiger partial charge in [0.25, 0.3) is 0 Å². The molecule has 2 rings (SSSR count). The van der Waals surface area contributed by atoms with Gasteiger partial charge in [-0.15, -0.1) is 0 Å². The molecule has 1 unspecified atom stereocenters. The van der Waals surface area contributed by atoms with Crippen LogP contribution in [0.1, 0.15) is 12.0 Å². The Kier molecular flexibility index (Phi) is 5.31. The summed E-state index contributed by atoms with van der Waals surface area (Å²) in [6.45, 7) is 4.84. The SMILES string of the molecule is O=S(O)c1ccc(CCCN2CCOCC2)cc1. The lowest BCUT2D eigenvalue weighted by Crippen LogP contribution is -2.36. The summed E-state index contributed by atoms with van der Waals surface area (Å²) in [5, 5.41) is 0. The molecule has 4 nitrogen and oxygen atoms in total. The zero-order valence-electron chi connectivity index (χ0n) is 10.4. The van der Waals surface area contributed by atoms with Crippen LogP contribution in [0.3, 0.4) is 0 Å². The number of hydrogen-bond donors (Lipinski definition) is 1. The van der Waals surface area contributed by atoms with Crippen LogP contribution in [0.4, 0.5) is 0 Å². The molecule has 0 saturated carbocycles. The Labute approximate surface area is 110 Å². The van der Waals surface area contributed by atoms with E-state index < -0.39 is 11.1 Å². The van der Waals surface area contributed by atoms with E-state index in [0.29, 0.717) is 4.90 Å². The van der Waals surface area contributed by atoms with Crippen LogP contribution in [0.2, 0.25) is 0 Å². The van der Waals surface area contributed by atoms with Crippen LogP contribution in [-0.4, -0.2) is 46.5 Å². The molecule has 1 fully saturated rings. The Bertz CT molecular complexity index is 388. The van der Waals surface area contributed by atoms with Crippen LogP contribution in [0.25, 0.3) is 0 Å². The lowest BCUT2D eigenvalue weighted by atomic mass is 10.1. The highest BCUT2D eigenvalue weighted by molar-refractivity contribution is 7.79. The molecule has 0 aliphatic carbocycles. The first-order valence-corrected chi connectivity index (χ1v) is 7.36. The molecule has 1 aliphatic heterocycles. The minimum absolute atomic E-state index is 0.465. The highest BCUT2D eigenvalue weighted by Gasteiger charge is 2.09. The van der Waals surface area contributed by atoms with Crippen molar-refractivity contribution in [2.45, 2.75) is 17.7 Å². The number of morpholine rings is 1. The number of nitrogens with zero attached hydrogens (tertiary/aromatic N) is 1. The van der Waals surface area contributed by atoms with Crippen molar-refractivity contribution in [3.8, 4) is 0 Å². The standard InChI is InChI=1S/C13H19NO3S/c15-18(16)13-5-3-12(4-6-13)2-1-7-14-8-10-17-11-9-14/h3-6H,1-2,7-11H2,(H,15,16). The first kappa shape index (κ1) is 13.7. The van der Waals surface area contributed by atoms with Crippen LogP contribution in [0, 0.1) is 0 Å². The number of ether oxygens (including phenoxy) is 1. The summed E-state index contributed by atoms with van der Waals surface area (Å²) in [5.74, 6) is 0. The third kappa shape index (κ3) is 4.17. The maximum atomic E-state index is 10.8. The van der Waals surface area contributed by atoms with Gasteiger partial charge in [-0.3, -0.25) is 4.90 Å². The van der Waals surface area contributed by atoms with Gasteiger partial charge in [-0.2, -0.15) is 0 Å². The van der Waals surface area contributed by atoms with Crippen molar-refractivity contribution in [3.63, 3.8) is 0 Å². The lowest BCUT2D eigenvalue weighted by molar-refractivity contribution is 0.0375. The van der Waals surface area contributed by atoms with Crippen molar-refractivity contribution in [1.82, 2.24) is 4.90 Å². The zero-order valence-corrected chi connectivity index (χ0v) is 11.2. The van der Waals surface area contributed by atoms with E-state index in [0.717, 1.165) is 45.7 Å². The van der Waals surface area contributed by atoms with Gasteiger partial charge < -0.3 is 9.29 Å². The van der Waals surface area contributed by atoms with E-state index in [-0.39, 0.29) is 0 Å². The van der Waals surface area contributed by atoms with Gasteiger partial charge in [-0.1, -0.05) is 12.1 Å². The number of aryl methyl sites for hydroxylation is 1. The van der Waals surface area contributed by atoms with Crippen molar-refractivity contribution in [2.75, 3.05) is 32.8 Å². The van der Waals surface area contributed by atoms with Crippen LogP contribution < -0.4 is 0 Å². The van der Waals surface area contributed by atoms with Gasteiger partial charge >= 0.3 is 0 Å². The molecule has 5 heteroatoms. The monoisotopic (exact) mass is 269 g/mol. The molecule has 1 saturated heterocycles. The number of benzene rings is 1. The van der Waals surface area contributed by atoms with Gasteiger partial charge in [0, 0.05) is 13.1 Å². The minimum Gasteiger partial charge on any atom is -0.379 e. The number of rotatable bonds is 5. The van der Waals surface area contributed by atoms with Gasteiger partial charge in [-0.25, -0.2) is 4.21 Å². The van der Waals surface area contributed by atoms with E-state index in [1.165, 1.54) is 5.56 Å². The Balaban J connectivity index is 1.74. The van der Waals surface area contributed by atoms with Crippen molar-refractivity contribution < 1.29 is 13.5 Å². The van der Waals surface area contributed by atoms with Crippen molar-refractivity contribution in [1.29, 1.82) is 0 Å². The summed E-state index contributed by atoms with van der Waals surface area (Å²) in [4.78, 5) is 2.88. The van der Waals surface area contributed by atoms with Gasteiger partial charge in [0.15, 0.2) is 11.1 Å². The average Bonchev–Trinajstić information content (AvgIpc) is 2.40. The molecule has 0 spiro atoms. The predicted octanol–water partition coefficient (Wildman–Crippen LogP) is 1.53. The normalized spacial score (nSPS) is 18.7. The smallest absolute Gasteiger partial charge is 0.186 e. The Morgan fingerprint density at radius 3 is 2.50 bits per heavy atom. The largest absolute Gasteiger partial charge is 0.379 e. The molecule has 1 atom stereocenters. The summed E-state index contributed by atoms with van der Waals surface area (Å²) < 4.78 is 25.0. The summed E-state index contributed by atoms with van der Waals surface area (Å²) in [6.07, 6.45) is 2.12. The minimum atomic E-state index is -1.87. The third-order valence-electron chi connectivity index (χ3n) is 3.17. The molecule has 0 bridgehead atoms.